The maximum atomic E-state index is 13.1. The molecule has 0 aliphatic rings. The van der Waals surface area contributed by atoms with Crippen molar-refractivity contribution in [2.75, 3.05) is 0 Å². The predicted octanol–water partition coefficient (Wildman–Crippen LogP) is 2.19. The summed E-state index contributed by atoms with van der Waals surface area (Å²) in [6, 6.07) is 5.01. The van der Waals surface area contributed by atoms with Crippen molar-refractivity contribution in [2.45, 2.75) is 20.0 Å². The lowest BCUT2D eigenvalue weighted by Gasteiger charge is -2.06. The molecule has 11 heavy (non-hydrogen) atoms. The van der Waals surface area contributed by atoms with Crippen LogP contribution in [0.4, 0.5) is 4.39 Å². The summed E-state index contributed by atoms with van der Waals surface area (Å²) in [7, 11) is 0. The molecule has 0 fully saturated rings. The Balaban J connectivity index is 3.17. The lowest BCUT2D eigenvalue weighted by atomic mass is 10.1. The van der Waals surface area contributed by atoms with Crippen molar-refractivity contribution in [2.24, 2.45) is 0 Å². The fourth-order valence-electron chi connectivity index (χ4n) is 0.993. The Hall–Kier alpha value is -0.890. The molecule has 0 saturated carbocycles. The van der Waals surface area contributed by atoms with Crippen molar-refractivity contribution in [3.63, 3.8) is 0 Å². The molecule has 0 aromatic heterocycles. The Morgan fingerprint density at radius 1 is 1.45 bits per heavy atom. The molecule has 1 rings (SSSR count). The number of benzene rings is 1. The molecule has 0 heterocycles. The van der Waals surface area contributed by atoms with Crippen LogP contribution in [0.2, 0.25) is 0 Å². The van der Waals surface area contributed by atoms with Crippen LogP contribution in [0.1, 0.15) is 24.2 Å². The predicted molar refractivity (Wildman–Crippen MR) is 41.8 cm³/mol. The number of rotatable bonds is 1. The van der Waals surface area contributed by atoms with Crippen molar-refractivity contribution in [1.29, 1.82) is 0 Å². The highest BCUT2D eigenvalue weighted by Crippen LogP contribution is 2.18. The van der Waals surface area contributed by atoms with Crippen LogP contribution in [0.25, 0.3) is 0 Å². The molecule has 0 aliphatic carbocycles. The van der Waals surface area contributed by atoms with Crippen LogP contribution in [0.5, 0.6) is 0 Å². The standard InChI is InChI=1S/C9H11FO/c1-6-4-3-5-8(7(2)11)9(6)10/h3-5,7,11H,1-2H3/t7-/m0/s1. The van der Waals surface area contributed by atoms with Gasteiger partial charge in [0.25, 0.3) is 0 Å². The van der Waals surface area contributed by atoms with E-state index in [0.29, 0.717) is 11.1 Å². The summed E-state index contributed by atoms with van der Waals surface area (Å²) in [5.41, 5.74) is 0.938. The number of hydrogen-bond acceptors (Lipinski definition) is 1. The van der Waals surface area contributed by atoms with E-state index in [1.807, 2.05) is 0 Å². The molecule has 0 saturated heterocycles. The minimum atomic E-state index is -0.727. The van der Waals surface area contributed by atoms with Crippen molar-refractivity contribution in [3.05, 3.63) is 35.1 Å². The lowest BCUT2D eigenvalue weighted by molar-refractivity contribution is 0.194. The van der Waals surface area contributed by atoms with Crippen LogP contribution >= 0.6 is 0 Å². The van der Waals surface area contributed by atoms with E-state index in [4.69, 9.17) is 5.11 Å². The maximum absolute atomic E-state index is 13.1. The lowest BCUT2D eigenvalue weighted by Crippen LogP contribution is -1.96. The quantitative estimate of drug-likeness (QED) is 0.657. The van der Waals surface area contributed by atoms with Crippen LogP contribution < -0.4 is 0 Å². The molecule has 0 spiro atoms. The molecule has 0 unspecified atom stereocenters. The largest absolute Gasteiger partial charge is 0.389 e. The average molecular weight is 154 g/mol. The maximum Gasteiger partial charge on any atom is 0.131 e. The fraction of sp³-hybridized carbons (Fsp3) is 0.333. The van der Waals surface area contributed by atoms with E-state index in [-0.39, 0.29) is 5.82 Å². The van der Waals surface area contributed by atoms with E-state index in [9.17, 15) is 4.39 Å². The van der Waals surface area contributed by atoms with Crippen LogP contribution in [0, 0.1) is 12.7 Å². The van der Waals surface area contributed by atoms with Crippen LogP contribution in [0.3, 0.4) is 0 Å². The zero-order valence-electron chi connectivity index (χ0n) is 6.63. The summed E-state index contributed by atoms with van der Waals surface area (Å²) in [6.45, 7) is 3.24. The summed E-state index contributed by atoms with van der Waals surface area (Å²) >= 11 is 0. The molecule has 1 N–H and O–H groups in total. The molecular weight excluding hydrogens is 143 g/mol. The van der Waals surface area contributed by atoms with Gasteiger partial charge in [-0.25, -0.2) is 4.39 Å². The Morgan fingerprint density at radius 2 is 2.09 bits per heavy atom. The highest BCUT2D eigenvalue weighted by atomic mass is 19.1. The minimum absolute atomic E-state index is 0.303. The molecule has 1 aromatic carbocycles. The van der Waals surface area contributed by atoms with E-state index >= 15 is 0 Å². The van der Waals surface area contributed by atoms with Crippen LogP contribution in [0.15, 0.2) is 18.2 Å². The van der Waals surface area contributed by atoms with Crippen molar-refractivity contribution >= 4 is 0 Å². The molecule has 0 amide bonds. The molecule has 1 aromatic rings. The van der Waals surface area contributed by atoms with Crippen molar-refractivity contribution < 1.29 is 9.50 Å². The monoisotopic (exact) mass is 154 g/mol. The third-order valence-electron chi connectivity index (χ3n) is 1.67. The van der Waals surface area contributed by atoms with Crippen LogP contribution in [-0.4, -0.2) is 5.11 Å². The molecule has 0 aliphatic heterocycles. The average Bonchev–Trinajstić information content (AvgIpc) is 1.94. The number of hydrogen-bond donors (Lipinski definition) is 1. The molecule has 2 heteroatoms. The van der Waals surface area contributed by atoms with E-state index in [0.717, 1.165) is 0 Å². The molecule has 0 bridgehead atoms. The van der Waals surface area contributed by atoms with Crippen molar-refractivity contribution in [1.82, 2.24) is 0 Å². The summed E-state index contributed by atoms with van der Waals surface area (Å²) in [4.78, 5) is 0. The molecule has 60 valence electrons. The second kappa shape index (κ2) is 3.01. The van der Waals surface area contributed by atoms with Gasteiger partial charge in [0, 0.05) is 5.56 Å². The van der Waals surface area contributed by atoms with Gasteiger partial charge in [0.2, 0.25) is 0 Å². The van der Waals surface area contributed by atoms with Gasteiger partial charge in [0.1, 0.15) is 5.82 Å². The van der Waals surface area contributed by atoms with Gasteiger partial charge in [0.05, 0.1) is 6.10 Å². The van der Waals surface area contributed by atoms with Gasteiger partial charge in [-0.05, 0) is 19.4 Å². The Kier molecular flexibility index (Phi) is 2.25. The number of aliphatic hydroxyl groups is 1. The Bertz CT molecular complexity index is 256. The number of aryl methyl sites for hydroxylation is 1. The van der Waals surface area contributed by atoms with E-state index < -0.39 is 6.10 Å². The van der Waals surface area contributed by atoms with Gasteiger partial charge in [-0.15, -0.1) is 0 Å². The van der Waals surface area contributed by atoms with Gasteiger partial charge in [-0.2, -0.15) is 0 Å². The molecule has 0 radical (unpaired) electrons. The highest BCUT2D eigenvalue weighted by molar-refractivity contribution is 5.26. The topological polar surface area (TPSA) is 20.2 Å². The van der Waals surface area contributed by atoms with Crippen LogP contribution in [-0.2, 0) is 0 Å². The summed E-state index contributed by atoms with van der Waals surface area (Å²) in [6.07, 6.45) is -0.727. The van der Waals surface area contributed by atoms with Gasteiger partial charge in [-0.3, -0.25) is 0 Å². The minimum Gasteiger partial charge on any atom is -0.389 e. The first kappa shape index (κ1) is 8.21. The summed E-state index contributed by atoms with van der Waals surface area (Å²) in [5, 5.41) is 9.09. The van der Waals surface area contributed by atoms with Gasteiger partial charge in [0.15, 0.2) is 0 Å². The first-order chi connectivity index (χ1) is 5.13. The smallest absolute Gasteiger partial charge is 0.131 e. The summed E-state index contributed by atoms with van der Waals surface area (Å²) < 4.78 is 13.1. The van der Waals surface area contributed by atoms with Gasteiger partial charge >= 0.3 is 0 Å². The van der Waals surface area contributed by atoms with Gasteiger partial charge in [-0.1, -0.05) is 18.2 Å². The first-order valence-electron chi connectivity index (χ1n) is 3.56. The SMILES string of the molecule is Cc1cccc([C@H](C)O)c1F. The Labute approximate surface area is 65.5 Å². The van der Waals surface area contributed by atoms with E-state index in [1.165, 1.54) is 0 Å². The first-order valence-corrected chi connectivity index (χ1v) is 3.56. The number of aliphatic hydroxyl groups excluding tert-OH is 1. The van der Waals surface area contributed by atoms with E-state index in [2.05, 4.69) is 0 Å². The molecule has 1 nitrogen and oxygen atoms in total. The Morgan fingerprint density at radius 3 is 2.55 bits per heavy atom. The zero-order chi connectivity index (χ0) is 8.43. The third-order valence-corrected chi connectivity index (χ3v) is 1.67. The normalized spacial score (nSPS) is 13.1. The van der Waals surface area contributed by atoms with Gasteiger partial charge < -0.3 is 5.11 Å². The number of halogens is 1. The third kappa shape index (κ3) is 1.57. The van der Waals surface area contributed by atoms with E-state index in [1.54, 1.807) is 32.0 Å². The fourth-order valence-corrected chi connectivity index (χ4v) is 0.993. The summed E-state index contributed by atoms with van der Waals surface area (Å²) in [5.74, 6) is -0.303. The molecular formula is C9H11FO. The zero-order valence-corrected chi connectivity index (χ0v) is 6.63. The second-order valence-corrected chi connectivity index (χ2v) is 2.65. The second-order valence-electron chi connectivity index (χ2n) is 2.65. The highest BCUT2D eigenvalue weighted by Gasteiger charge is 2.08. The van der Waals surface area contributed by atoms with Crippen molar-refractivity contribution in [3.8, 4) is 0 Å². The molecule has 1 atom stereocenters.